The van der Waals surface area contributed by atoms with E-state index >= 15 is 0 Å². The van der Waals surface area contributed by atoms with E-state index in [0.717, 1.165) is 29.8 Å². The minimum Gasteiger partial charge on any atom is -0.274 e. The van der Waals surface area contributed by atoms with E-state index in [1.807, 2.05) is 0 Å². The third-order valence-electron chi connectivity index (χ3n) is 4.82. The van der Waals surface area contributed by atoms with Crippen LogP contribution in [0, 0.1) is 6.92 Å². The van der Waals surface area contributed by atoms with Crippen LogP contribution in [-0.4, -0.2) is 40.7 Å². The molecule has 2 aromatic carbocycles. The first-order chi connectivity index (χ1) is 14.4. The number of barbiturate groups is 1. The highest BCUT2D eigenvalue weighted by molar-refractivity contribution is 6.30. The van der Waals surface area contributed by atoms with Crippen molar-refractivity contribution in [3.05, 3.63) is 70.2 Å². The van der Waals surface area contributed by atoms with Crippen LogP contribution in [0.3, 0.4) is 0 Å². The molecule has 0 saturated carbocycles. The van der Waals surface area contributed by atoms with Gasteiger partial charge in [-0.1, -0.05) is 53.6 Å². The molecule has 0 aliphatic carbocycles. The summed E-state index contributed by atoms with van der Waals surface area (Å²) in [7, 11) is 0. The molecule has 31 heavy (non-hydrogen) atoms. The molecule has 1 aliphatic heterocycles. The third kappa shape index (κ3) is 4.87. The molecule has 0 atom stereocenters. The normalized spacial score (nSPS) is 15.6. The molecule has 5 nitrogen and oxygen atoms in total. The van der Waals surface area contributed by atoms with Crippen LogP contribution in [0.15, 0.2) is 48.5 Å². The average Bonchev–Trinajstić information content (AvgIpc) is 2.69. The topological polar surface area (TPSA) is 57.7 Å². The predicted octanol–water partition coefficient (Wildman–Crippen LogP) is 4.71. The second-order valence-electron chi connectivity index (χ2n) is 7.20. The Hall–Kier alpha value is -2.94. The van der Waals surface area contributed by atoms with E-state index in [-0.39, 0.29) is 14.8 Å². The number of aryl methyl sites for hydroxylation is 1. The zero-order valence-electron chi connectivity index (χ0n) is 16.2. The Morgan fingerprint density at radius 1 is 0.774 bits per heavy atom. The van der Waals surface area contributed by atoms with Crippen molar-refractivity contribution in [1.29, 1.82) is 0 Å². The number of hydrogen-bond acceptors (Lipinski definition) is 3. The molecule has 0 N–H and O–H groups in total. The number of rotatable bonds is 6. The summed E-state index contributed by atoms with van der Waals surface area (Å²) >= 11 is 5.68. The first-order valence-electron chi connectivity index (χ1n) is 9.14. The number of nitrogens with zero attached hydrogens (tertiary/aromatic N) is 2. The molecule has 3 rings (SSSR count). The summed E-state index contributed by atoms with van der Waals surface area (Å²) in [5.41, 5.74) is -0.245. The van der Waals surface area contributed by atoms with Gasteiger partial charge in [0.2, 0.25) is 11.8 Å². The maximum atomic E-state index is 14.7. The van der Waals surface area contributed by atoms with Crippen LogP contribution >= 0.6 is 11.6 Å². The van der Waals surface area contributed by atoms with Gasteiger partial charge < -0.3 is 0 Å². The number of urea groups is 1. The van der Waals surface area contributed by atoms with Crippen molar-refractivity contribution in [2.24, 2.45) is 0 Å². The number of carbonyl (C=O) groups is 3. The Morgan fingerprint density at radius 3 is 1.58 bits per heavy atom. The lowest BCUT2D eigenvalue weighted by molar-refractivity contribution is -0.149. The second-order valence-corrected chi connectivity index (χ2v) is 7.64. The molecular formula is C21H17ClF4N2O3. The molecule has 1 aliphatic rings. The highest BCUT2D eigenvalue weighted by Gasteiger charge is 2.47. The van der Waals surface area contributed by atoms with Gasteiger partial charge in [0.15, 0.2) is 0 Å². The van der Waals surface area contributed by atoms with E-state index in [2.05, 4.69) is 0 Å². The first kappa shape index (κ1) is 22.7. The van der Waals surface area contributed by atoms with Crippen LogP contribution in [0.25, 0.3) is 0 Å². The average molecular weight is 457 g/mol. The number of amides is 4. The number of benzene rings is 2. The highest BCUT2D eigenvalue weighted by atomic mass is 35.5. The third-order valence-corrected chi connectivity index (χ3v) is 5.07. The van der Waals surface area contributed by atoms with Crippen LogP contribution in [0.5, 0.6) is 0 Å². The van der Waals surface area contributed by atoms with Crippen molar-refractivity contribution in [3.63, 3.8) is 0 Å². The van der Waals surface area contributed by atoms with Gasteiger partial charge >= 0.3 is 6.03 Å². The molecule has 1 fully saturated rings. The summed E-state index contributed by atoms with van der Waals surface area (Å²) < 4.78 is 58.6. The molecule has 0 aromatic heterocycles. The summed E-state index contributed by atoms with van der Waals surface area (Å²) in [5.74, 6) is -9.67. The maximum Gasteiger partial charge on any atom is 0.333 e. The van der Waals surface area contributed by atoms with Crippen LogP contribution in [0.1, 0.15) is 23.1 Å². The van der Waals surface area contributed by atoms with E-state index in [0.29, 0.717) is 0 Å². The van der Waals surface area contributed by atoms with E-state index < -0.39 is 60.3 Å². The Labute approximate surface area is 180 Å². The van der Waals surface area contributed by atoms with Gasteiger partial charge in [0, 0.05) is 16.1 Å². The number of hydrogen-bond donors (Lipinski definition) is 0. The number of carbonyl (C=O) groups excluding carboxylic acids is 3. The lowest BCUT2D eigenvalue weighted by Gasteiger charge is -2.36. The molecule has 4 amide bonds. The Morgan fingerprint density at radius 2 is 1.16 bits per heavy atom. The fraction of sp³-hybridized carbons (Fsp3) is 0.286. The summed E-state index contributed by atoms with van der Waals surface area (Å²) in [6, 6.07) is 8.12. The number of halogens is 5. The van der Waals surface area contributed by atoms with Gasteiger partial charge in [-0.05, 0) is 19.1 Å². The molecule has 10 heteroatoms. The lowest BCUT2D eigenvalue weighted by atomic mass is 10.0. The van der Waals surface area contributed by atoms with Crippen LogP contribution in [0.4, 0.5) is 22.4 Å². The van der Waals surface area contributed by atoms with Crippen molar-refractivity contribution in [2.75, 3.05) is 13.1 Å². The van der Waals surface area contributed by atoms with Crippen molar-refractivity contribution >= 4 is 29.4 Å². The molecule has 2 aromatic rings. The Bertz CT molecular complexity index is 931. The highest BCUT2D eigenvalue weighted by Crippen LogP contribution is 2.34. The van der Waals surface area contributed by atoms with Gasteiger partial charge in [-0.3, -0.25) is 19.4 Å². The number of alkyl halides is 4. The minimum atomic E-state index is -3.68. The van der Waals surface area contributed by atoms with Crippen molar-refractivity contribution in [2.45, 2.75) is 25.2 Å². The van der Waals surface area contributed by atoms with Crippen LogP contribution in [-0.2, 0) is 21.4 Å². The van der Waals surface area contributed by atoms with Gasteiger partial charge in [-0.25, -0.2) is 4.79 Å². The fourth-order valence-electron chi connectivity index (χ4n) is 3.06. The van der Waals surface area contributed by atoms with Gasteiger partial charge in [0.05, 0.1) is 13.1 Å². The molecule has 1 saturated heterocycles. The molecule has 0 unspecified atom stereocenters. The molecule has 0 radical (unpaired) electrons. The molecule has 0 bridgehead atoms. The van der Waals surface area contributed by atoms with Crippen LogP contribution < -0.4 is 0 Å². The summed E-state index contributed by atoms with van der Waals surface area (Å²) in [5, 5.41) is 0.208. The van der Waals surface area contributed by atoms with E-state index in [1.165, 1.54) is 24.3 Å². The molecule has 1 heterocycles. The monoisotopic (exact) mass is 456 g/mol. The van der Waals surface area contributed by atoms with E-state index in [4.69, 9.17) is 11.6 Å². The minimum absolute atomic E-state index is 0.126. The largest absolute Gasteiger partial charge is 0.333 e. The van der Waals surface area contributed by atoms with Gasteiger partial charge in [0.1, 0.15) is 6.42 Å². The van der Waals surface area contributed by atoms with Gasteiger partial charge in [-0.2, -0.15) is 17.6 Å². The fourth-order valence-corrected chi connectivity index (χ4v) is 3.19. The standard InChI is InChI=1S/C21H17ClF4N2O3/c1-13-2-4-14(5-3-13)20(23,24)11-27-17(29)10-18(30)28(19(27)31)12-21(25,26)15-6-8-16(22)9-7-15/h2-9H,10-12H2,1H3. The zero-order chi connectivity index (χ0) is 23.0. The number of imide groups is 2. The first-order valence-corrected chi connectivity index (χ1v) is 9.52. The Kier molecular flexibility index (Phi) is 6.09. The van der Waals surface area contributed by atoms with E-state index in [1.54, 1.807) is 6.92 Å². The SMILES string of the molecule is Cc1ccc(C(F)(F)CN2C(=O)CC(=O)N(CC(F)(F)c3ccc(Cl)cc3)C2=O)cc1. The summed E-state index contributed by atoms with van der Waals surface area (Å²) in [6.07, 6.45) is -0.966. The smallest absolute Gasteiger partial charge is 0.274 e. The Balaban J connectivity index is 1.82. The predicted molar refractivity (Wildman–Crippen MR) is 104 cm³/mol. The maximum absolute atomic E-state index is 14.7. The summed E-state index contributed by atoms with van der Waals surface area (Å²) in [4.78, 5) is 37.1. The van der Waals surface area contributed by atoms with Crippen molar-refractivity contribution in [1.82, 2.24) is 9.80 Å². The van der Waals surface area contributed by atoms with Gasteiger partial charge in [-0.15, -0.1) is 0 Å². The molecule has 0 spiro atoms. The van der Waals surface area contributed by atoms with Crippen molar-refractivity contribution < 1.29 is 31.9 Å². The zero-order valence-corrected chi connectivity index (χ0v) is 17.0. The second kappa shape index (κ2) is 8.30. The quantitative estimate of drug-likeness (QED) is 0.467. The van der Waals surface area contributed by atoms with E-state index in [9.17, 15) is 31.9 Å². The van der Waals surface area contributed by atoms with Crippen molar-refractivity contribution in [3.8, 4) is 0 Å². The lowest BCUT2D eigenvalue weighted by Crippen LogP contribution is -2.59. The van der Waals surface area contributed by atoms with Gasteiger partial charge in [0.25, 0.3) is 11.8 Å². The van der Waals surface area contributed by atoms with Crippen LogP contribution in [0.2, 0.25) is 5.02 Å². The molecular weight excluding hydrogens is 440 g/mol. The summed E-state index contributed by atoms with van der Waals surface area (Å²) in [6.45, 7) is -1.07. The molecule has 164 valence electrons.